The number of hydrazone groups is 1. The highest BCUT2D eigenvalue weighted by atomic mass is 32.2. The van der Waals surface area contributed by atoms with Crippen LogP contribution >= 0.6 is 0 Å². The van der Waals surface area contributed by atoms with Crippen molar-refractivity contribution in [3.05, 3.63) is 54.6 Å². The van der Waals surface area contributed by atoms with Gasteiger partial charge < -0.3 is 5.32 Å². The number of rotatable bonds is 6. The molecular weight excluding hydrogens is 424 g/mol. The quantitative estimate of drug-likeness (QED) is 0.511. The number of sulfonamides is 1. The SMILES string of the molecule is CC1=NN(C(=O)CC(=O)Nc2ccccc2)C(=O)C1N=Nc1ccc(S(N)(=O)=O)cc1. The van der Waals surface area contributed by atoms with Crippen molar-refractivity contribution >= 4 is 44.8 Å². The minimum atomic E-state index is -3.84. The summed E-state index contributed by atoms with van der Waals surface area (Å²) in [6.45, 7) is 1.50. The van der Waals surface area contributed by atoms with E-state index in [1.807, 2.05) is 0 Å². The lowest BCUT2D eigenvalue weighted by Crippen LogP contribution is -2.36. The molecule has 0 saturated heterocycles. The third-order valence-corrected chi connectivity index (χ3v) is 5.08. The first-order valence-electron chi connectivity index (χ1n) is 8.95. The molecule has 11 nitrogen and oxygen atoms in total. The number of nitrogens with two attached hydrogens (primary N) is 1. The molecule has 2 aromatic rings. The molecule has 3 N–H and O–H groups in total. The van der Waals surface area contributed by atoms with E-state index in [9.17, 15) is 22.8 Å². The number of amides is 3. The number of benzene rings is 2. The number of azo groups is 1. The zero-order valence-corrected chi connectivity index (χ0v) is 17.1. The molecule has 31 heavy (non-hydrogen) atoms. The maximum Gasteiger partial charge on any atom is 0.282 e. The van der Waals surface area contributed by atoms with Gasteiger partial charge in [-0.15, -0.1) is 0 Å². The monoisotopic (exact) mass is 442 g/mol. The zero-order valence-electron chi connectivity index (χ0n) is 16.3. The number of para-hydroxylation sites is 1. The number of nitrogens with zero attached hydrogens (tertiary/aromatic N) is 4. The second-order valence-corrected chi connectivity index (χ2v) is 8.09. The van der Waals surface area contributed by atoms with Gasteiger partial charge in [-0.1, -0.05) is 18.2 Å². The highest BCUT2D eigenvalue weighted by molar-refractivity contribution is 7.89. The van der Waals surface area contributed by atoms with Crippen LogP contribution in [0.4, 0.5) is 11.4 Å². The molecule has 0 fully saturated rings. The van der Waals surface area contributed by atoms with Crippen molar-refractivity contribution in [1.29, 1.82) is 0 Å². The summed E-state index contributed by atoms with van der Waals surface area (Å²) < 4.78 is 22.5. The Bertz CT molecular complexity index is 1180. The first kappa shape index (κ1) is 21.9. The average Bonchev–Trinajstić information content (AvgIpc) is 3.00. The van der Waals surface area contributed by atoms with E-state index >= 15 is 0 Å². The van der Waals surface area contributed by atoms with Gasteiger partial charge >= 0.3 is 0 Å². The van der Waals surface area contributed by atoms with Crippen LogP contribution < -0.4 is 10.5 Å². The van der Waals surface area contributed by atoms with Gasteiger partial charge in [-0.3, -0.25) is 14.4 Å². The van der Waals surface area contributed by atoms with Crippen LogP contribution in [0.15, 0.2) is 74.8 Å². The Labute approximate surface area is 177 Å². The van der Waals surface area contributed by atoms with Gasteiger partial charge in [-0.2, -0.15) is 20.3 Å². The van der Waals surface area contributed by atoms with Crippen molar-refractivity contribution in [3.63, 3.8) is 0 Å². The molecule has 1 atom stereocenters. The molecule has 0 spiro atoms. The normalized spacial score (nSPS) is 16.5. The number of primary sulfonamides is 1. The first-order valence-corrected chi connectivity index (χ1v) is 10.5. The van der Waals surface area contributed by atoms with Crippen LogP contribution in [0.25, 0.3) is 0 Å². The molecular formula is C19H18N6O5S. The molecule has 0 aromatic heterocycles. The number of nitrogens with one attached hydrogen (secondary N) is 1. The number of hydrogen-bond donors (Lipinski definition) is 2. The molecule has 0 radical (unpaired) electrons. The highest BCUT2D eigenvalue weighted by Crippen LogP contribution is 2.20. The maximum atomic E-state index is 12.5. The smallest absolute Gasteiger partial charge is 0.282 e. The topological polar surface area (TPSA) is 164 Å². The van der Waals surface area contributed by atoms with Crippen LogP contribution in [-0.2, 0) is 24.4 Å². The summed E-state index contributed by atoms with van der Waals surface area (Å²) in [5, 5.41) is 19.9. The molecule has 3 amide bonds. The van der Waals surface area contributed by atoms with Crippen LogP contribution in [-0.4, -0.2) is 42.9 Å². The van der Waals surface area contributed by atoms with Crippen LogP contribution in [0.2, 0.25) is 0 Å². The number of imide groups is 1. The van der Waals surface area contributed by atoms with Crippen LogP contribution in [0.1, 0.15) is 13.3 Å². The van der Waals surface area contributed by atoms with Crippen molar-refractivity contribution in [2.24, 2.45) is 20.5 Å². The third-order valence-electron chi connectivity index (χ3n) is 4.16. The Balaban J connectivity index is 1.63. The summed E-state index contributed by atoms with van der Waals surface area (Å²) in [6, 6.07) is 12.7. The second kappa shape index (κ2) is 8.93. The standard InChI is InChI=1S/C19H18N6O5S/c1-12-18(23-22-14-7-9-15(10-8-14)31(20,29)30)19(28)25(24-12)17(27)11-16(26)21-13-5-3-2-4-6-13/h2-10,18H,11H2,1H3,(H,21,26)(H2,20,29,30). The van der Waals surface area contributed by atoms with Gasteiger partial charge in [-0.05, 0) is 43.3 Å². The van der Waals surface area contributed by atoms with E-state index in [0.717, 1.165) is 0 Å². The Morgan fingerprint density at radius 2 is 1.77 bits per heavy atom. The maximum absolute atomic E-state index is 12.5. The first-order chi connectivity index (χ1) is 14.6. The van der Waals surface area contributed by atoms with Gasteiger partial charge in [0.1, 0.15) is 6.42 Å². The van der Waals surface area contributed by atoms with Gasteiger partial charge in [0.2, 0.25) is 15.9 Å². The lowest BCUT2D eigenvalue weighted by molar-refractivity contribution is -0.144. The summed E-state index contributed by atoms with van der Waals surface area (Å²) in [5.41, 5.74) is 1.03. The molecule has 0 bridgehead atoms. The molecule has 2 aromatic carbocycles. The van der Waals surface area contributed by atoms with E-state index in [1.165, 1.54) is 31.2 Å². The van der Waals surface area contributed by atoms with Gasteiger partial charge in [0.25, 0.3) is 11.8 Å². The van der Waals surface area contributed by atoms with E-state index in [0.29, 0.717) is 10.7 Å². The average molecular weight is 442 g/mol. The molecule has 1 heterocycles. The van der Waals surface area contributed by atoms with Crippen LogP contribution in [0.3, 0.4) is 0 Å². The highest BCUT2D eigenvalue weighted by Gasteiger charge is 2.38. The summed E-state index contributed by atoms with van der Waals surface area (Å²) >= 11 is 0. The van der Waals surface area contributed by atoms with Crippen molar-refractivity contribution in [2.45, 2.75) is 24.3 Å². The van der Waals surface area contributed by atoms with Crippen LogP contribution in [0, 0.1) is 0 Å². The summed E-state index contributed by atoms with van der Waals surface area (Å²) in [5.74, 6) is -2.12. The molecule has 1 aliphatic rings. The number of anilines is 1. The van der Waals surface area contributed by atoms with E-state index < -0.39 is 40.2 Å². The molecule has 0 aliphatic carbocycles. The minimum absolute atomic E-state index is 0.0910. The number of carbonyl (C=O) groups excluding carboxylic acids is 3. The third kappa shape index (κ3) is 5.43. The molecule has 12 heteroatoms. The predicted molar refractivity (Wildman–Crippen MR) is 111 cm³/mol. The fourth-order valence-electron chi connectivity index (χ4n) is 2.63. The lowest BCUT2D eigenvalue weighted by Gasteiger charge is -2.10. The molecule has 0 saturated carbocycles. The minimum Gasteiger partial charge on any atom is -0.326 e. The zero-order chi connectivity index (χ0) is 22.6. The van der Waals surface area contributed by atoms with E-state index in [4.69, 9.17) is 5.14 Å². The van der Waals surface area contributed by atoms with Crippen molar-refractivity contribution in [3.8, 4) is 0 Å². The molecule has 3 rings (SSSR count). The van der Waals surface area contributed by atoms with Crippen molar-refractivity contribution in [2.75, 3.05) is 5.32 Å². The second-order valence-electron chi connectivity index (χ2n) is 6.53. The number of hydrogen-bond acceptors (Lipinski definition) is 8. The molecule has 1 unspecified atom stereocenters. The molecule has 160 valence electrons. The Morgan fingerprint density at radius 1 is 1.13 bits per heavy atom. The summed E-state index contributed by atoms with van der Waals surface area (Å²) in [7, 11) is -3.84. The van der Waals surface area contributed by atoms with E-state index in [1.54, 1.807) is 30.3 Å². The van der Waals surface area contributed by atoms with Gasteiger partial charge in [-0.25, -0.2) is 13.6 Å². The Kier molecular flexibility index (Phi) is 6.32. The van der Waals surface area contributed by atoms with E-state index in [2.05, 4.69) is 20.6 Å². The lowest BCUT2D eigenvalue weighted by atomic mass is 10.2. The van der Waals surface area contributed by atoms with E-state index in [-0.39, 0.29) is 16.3 Å². The Morgan fingerprint density at radius 3 is 2.39 bits per heavy atom. The van der Waals surface area contributed by atoms with Gasteiger partial charge in [0.05, 0.1) is 16.3 Å². The summed E-state index contributed by atoms with van der Waals surface area (Å²) in [6.07, 6.45) is -0.573. The summed E-state index contributed by atoms with van der Waals surface area (Å²) in [4.78, 5) is 36.8. The molecule has 1 aliphatic heterocycles. The van der Waals surface area contributed by atoms with Crippen molar-refractivity contribution < 1.29 is 22.8 Å². The largest absolute Gasteiger partial charge is 0.326 e. The Hall–Kier alpha value is -3.77. The predicted octanol–water partition coefficient (Wildman–Crippen LogP) is 1.56. The number of carbonyl (C=O) groups is 3. The van der Waals surface area contributed by atoms with Gasteiger partial charge in [0.15, 0.2) is 6.04 Å². The fraction of sp³-hybridized carbons (Fsp3) is 0.158. The fourth-order valence-corrected chi connectivity index (χ4v) is 3.15. The van der Waals surface area contributed by atoms with Gasteiger partial charge in [0, 0.05) is 5.69 Å². The van der Waals surface area contributed by atoms with Crippen LogP contribution in [0.5, 0.6) is 0 Å². The van der Waals surface area contributed by atoms with Crippen molar-refractivity contribution in [1.82, 2.24) is 5.01 Å².